The number of rotatable bonds is 3. The van der Waals surface area contributed by atoms with Crippen molar-refractivity contribution in [2.24, 2.45) is 0 Å². The van der Waals surface area contributed by atoms with Gasteiger partial charge in [0, 0.05) is 31.3 Å². The number of benzene rings is 1. The van der Waals surface area contributed by atoms with Gasteiger partial charge in [0.15, 0.2) is 0 Å². The number of H-pyrrole nitrogens is 1. The predicted molar refractivity (Wildman–Crippen MR) is 77.0 cm³/mol. The van der Waals surface area contributed by atoms with E-state index < -0.39 is 4.92 Å². The summed E-state index contributed by atoms with van der Waals surface area (Å²) >= 11 is 0. The maximum atomic E-state index is 10.8. The molecule has 0 bridgehead atoms. The Kier molecular flexibility index (Phi) is 3.27. The van der Waals surface area contributed by atoms with Crippen LogP contribution in [0.25, 0.3) is 11.0 Å². The molecule has 1 aliphatic rings. The number of anilines is 1. The lowest BCUT2D eigenvalue weighted by atomic mass is 10.1. The van der Waals surface area contributed by atoms with Crippen molar-refractivity contribution >= 4 is 22.7 Å². The van der Waals surface area contributed by atoms with Gasteiger partial charge in [-0.05, 0) is 26.0 Å². The van der Waals surface area contributed by atoms with Crippen LogP contribution in [0.1, 0.15) is 12.8 Å². The molecule has 0 aliphatic carbocycles. The molecule has 1 atom stereocenters. The quantitative estimate of drug-likeness (QED) is 0.657. The first-order valence-electron chi connectivity index (χ1n) is 6.74. The highest BCUT2D eigenvalue weighted by Crippen LogP contribution is 2.24. The summed E-state index contributed by atoms with van der Waals surface area (Å²) < 4.78 is 0. The van der Waals surface area contributed by atoms with Crippen LogP contribution in [-0.2, 0) is 0 Å². The summed E-state index contributed by atoms with van der Waals surface area (Å²) in [4.78, 5) is 20.3. The molecule has 1 saturated heterocycles. The summed E-state index contributed by atoms with van der Waals surface area (Å²) in [6.07, 6.45) is 2.28. The van der Waals surface area contributed by atoms with Crippen LogP contribution in [0.4, 0.5) is 11.6 Å². The maximum absolute atomic E-state index is 10.8. The van der Waals surface area contributed by atoms with E-state index in [1.807, 2.05) is 7.05 Å². The first-order valence-corrected chi connectivity index (χ1v) is 6.74. The van der Waals surface area contributed by atoms with Crippen LogP contribution in [0.3, 0.4) is 0 Å². The Morgan fingerprint density at radius 1 is 1.55 bits per heavy atom. The van der Waals surface area contributed by atoms with E-state index in [0.29, 0.717) is 11.6 Å². The number of aromatic nitrogens is 2. The molecule has 3 rings (SSSR count). The number of fused-ring (bicyclic) bond motifs is 1. The Bertz CT molecular complexity index is 639. The molecule has 1 aromatic heterocycles. The average molecular weight is 275 g/mol. The zero-order chi connectivity index (χ0) is 14.1. The summed E-state index contributed by atoms with van der Waals surface area (Å²) in [6, 6.07) is 5.17. The van der Waals surface area contributed by atoms with Gasteiger partial charge in [0.05, 0.1) is 16.0 Å². The molecule has 106 valence electrons. The zero-order valence-corrected chi connectivity index (χ0v) is 11.3. The normalized spacial score (nSPS) is 19.4. The summed E-state index contributed by atoms with van der Waals surface area (Å²) in [5.41, 5.74) is 1.55. The van der Waals surface area contributed by atoms with Gasteiger partial charge in [0.2, 0.25) is 5.95 Å². The average Bonchev–Trinajstić information content (AvgIpc) is 2.90. The highest BCUT2D eigenvalue weighted by Gasteiger charge is 2.21. The van der Waals surface area contributed by atoms with Crippen LogP contribution >= 0.6 is 0 Å². The topological polar surface area (TPSA) is 87.1 Å². The van der Waals surface area contributed by atoms with E-state index in [4.69, 9.17) is 0 Å². The number of nitrogens with one attached hydrogen (secondary N) is 2. The molecule has 1 aromatic carbocycles. The van der Waals surface area contributed by atoms with Crippen LogP contribution < -0.4 is 10.2 Å². The molecule has 7 heteroatoms. The van der Waals surface area contributed by atoms with Crippen molar-refractivity contribution in [3.8, 4) is 0 Å². The van der Waals surface area contributed by atoms with Crippen LogP contribution in [0.2, 0.25) is 0 Å². The molecular formula is C13H17N5O2. The smallest absolute Gasteiger partial charge is 0.271 e. The second kappa shape index (κ2) is 5.09. The highest BCUT2D eigenvalue weighted by atomic mass is 16.6. The first kappa shape index (κ1) is 12.9. The van der Waals surface area contributed by atoms with Gasteiger partial charge >= 0.3 is 0 Å². The SMILES string of the molecule is CN[C@@H]1CCCN(c2nc3ccc([N+](=O)[O-])cc3[nH]2)C1. The Labute approximate surface area is 116 Å². The van der Waals surface area contributed by atoms with Crippen molar-refractivity contribution in [2.45, 2.75) is 18.9 Å². The molecule has 0 unspecified atom stereocenters. The van der Waals surface area contributed by atoms with Gasteiger partial charge in [-0.2, -0.15) is 0 Å². The third-order valence-corrected chi connectivity index (χ3v) is 3.79. The lowest BCUT2D eigenvalue weighted by Gasteiger charge is -2.32. The number of hydrogen-bond acceptors (Lipinski definition) is 5. The number of aromatic amines is 1. The predicted octanol–water partition coefficient (Wildman–Crippen LogP) is 1.66. The molecular weight excluding hydrogens is 258 g/mol. The fourth-order valence-electron chi connectivity index (χ4n) is 2.65. The number of nitro benzene ring substituents is 1. The van der Waals surface area contributed by atoms with E-state index in [1.165, 1.54) is 18.6 Å². The van der Waals surface area contributed by atoms with Gasteiger partial charge < -0.3 is 15.2 Å². The summed E-state index contributed by atoms with van der Waals surface area (Å²) in [5, 5.41) is 14.1. The molecule has 2 N–H and O–H groups in total. The van der Waals surface area contributed by atoms with Gasteiger partial charge in [-0.25, -0.2) is 4.98 Å². The fraction of sp³-hybridized carbons (Fsp3) is 0.462. The molecule has 2 heterocycles. The van der Waals surface area contributed by atoms with E-state index >= 15 is 0 Å². The second-order valence-electron chi connectivity index (χ2n) is 5.09. The van der Waals surface area contributed by atoms with Crippen LogP contribution in [0, 0.1) is 10.1 Å². The van der Waals surface area contributed by atoms with Crippen molar-refractivity contribution in [1.29, 1.82) is 0 Å². The number of imidazole rings is 1. The maximum Gasteiger partial charge on any atom is 0.271 e. The summed E-state index contributed by atoms with van der Waals surface area (Å²) in [6.45, 7) is 1.86. The fourth-order valence-corrected chi connectivity index (χ4v) is 2.65. The van der Waals surface area contributed by atoms with E-state index in [9.17, 15) is 10.1 Å². The zero-order valence-electron chi connectivity index (χ0n) is 11.3. The number of hydrogen-bond donors (Lipinski definition) is 2. The van der Waals surface area contributed by atoms with E-state index in [-0.39, 0.29) is 5.69 Å². The number of nitrogens with zero attached hydrogens (tertiary/aromatic N) is 3. The first-order chi connectivity index (χ1) is 9.67. The van der Waals surface area contributed by atoms with Crippen molar-refractivity contribution in [1.82, 2.24) is 15.3 Å². The molecule has 1 fully saturated rings. The van der Waals surface area contributed by atoms with Crippen LogP contribution in [-0.4, -0.2) is 41.1 Å². The van der Waals surface area contributed by atoms with Crippen molar-refractivity contribution in [2.75, 3.05) is 25.0 Å². The van der Waals surface area contributed by atoms with Gasteiger partial charge in [-0.3, -0.25) is 10.1 Å². The summed E-state index contributed by atoms with van der Waals surface area (Å²) in [5.74, 6) is 0.792. The third kappa shape index (κ3) is 2.32. The molecule has 20 heavy (non-hydrogen) atoms. The summed E-state index contributed by atoms with van der Waals surface area (Å²) in [7, 11) is 1.97. The van der Waals surface area contributed by atoms with E-state index in [2.05, 4.69) is 20.2 Å². The van der Waals surface area contributed by atoms with Gasteiger partial charge in [-0.1, -0.05) is 0 Å². The molecule has 0 spiro atoms. The third-order valence-electron chi connectivity index (χ3n) is 3.79. The Morgan fingerprint density at radius 2 is 2.40 bits per heavy atom. The van der Waals surface area contributed by atoms with Crippen molar-refractivity contribution in [3.63, 3.8) is 0 Å². The monoisotopic (exact) mass is 275 g/mol. The Balaban J connectivity index is 1.90. The van der Waals surface area contributed by atoms with Crippen LogP contribution in [0.5, 0.6) is 0 Å². The molecule has 0 radical (unpaired) electrons. The molecule has 1 aliphatic heterocycles. The molecule has 2 aromatic rings. The van der Waals surface area contributed by atoms with E-state index in [1.54, 1.807) is 6.07 Å². The lowest BCUT2D eigenvalue weighted by molar-refractivity contribution is -0.384. The van der Waals surface area contributed by atoms with Crippen LogP contribution in [0.15, 0.2) is 18.2 Å². The van der Waals surface area contributed by atoms with Gasteiger partial charge in [0.25, 0.3) is 5.69 Å². The van der Waals surface area contributed by atoms with Crippen molar-refractivity contribution in [3.05, 3.63) is 28.3 Å². The lowest BCUT2D eigenvalue weighted by Crippen LogP contribution is -2.44. The minimum absolute atomic E-state index is 0.0828. The standard InChI is InChI=1S/C13H17N5O2/c1-14-9-3-2-6-17(8-9)13-15-11-5-4-10(18(19)20)7-12(11)16-13/h4-5,7,9,14H,2-3,6,8H2,1H3,(H,15,16)/t9-/m1/s1. The Morgan fingerprint density at radius 3 is 3.15 bits per heavy atom. The second-order valence-corrected chi connectivity index (χ2v) is 5.09. The van der Waals surface area contributed by atoms with Gasteiger partial charge in [-0.15, -0.1) is 0 Å². The number of non-ortho nitro benzene ring substituents is 1. The minimum Gasteiger partial charge on any atom is -0.341 e. The molecule has 0 amide bonds. The number of piperidine rings is 1. The van der Waals surface area contributed by atoms with Crippen molar-refractivity contribution < 1.29 is 4.92 Å². The molecule has 0 saturated carbocycles. The highest BCUT2D eigenvalue weighted by molar-refractivity contribution is 5.80. The molecule has 7 nitrogen and oxygen atoms in total. The van der Waals surface area contributed by atoms with Gasteiger partial charge in [0.1, 0.15) is 0 Å². The Hall–Kier alpha value is -2.15. The largest absolute Gasteiger partial charge is 0.341 e. The number of likely N-dealkylation sites (N-methyl/N-ethyl adjacent to an activating group) is 1. The number of nitro groups is 1. The minimum atomic E-state index is -0.391. The van der Waals surface area contributed by atoms with E-state index in [0.717, 1.165) is 31.0 Å².